The molecule has 0 atom stereocenters. The van der Waals surface area contributed by atoms with Crippen LogP contribution >= 0.6 is 0 Å². The summed E-state index contributed by atoms with van der Waals surface area (Å²) in [7, 11) is -2.42. The van der Waals surface area contributed by atoms with Gasteiger partial charge in [0.05, 0.1) is 18.3 Å². The van der Waals surface area contributed by atoms with Crippen molar-refractivity contribution in [3.05, 3.63) is 78.3 Å². The second-order valence-electron chi connectivity index (χ2n) is 5.75. The third-order valence-corrected chi connectivity index (χ3v) is 5.16. The number of hydrazine groups is 1. The number of rotatable bonds is 6. The summed E-state index contributed by atoms with van der Waals surface area (Å²) in [6.07, 6.45) is 1.32. The lowest BCUT2D eigenvalue weighted by Crippen LogP contribution is -2.41. The lowest BCUT2D eigenvalue weighted by molar-refractivity contribution is 0.0831. The van der Waals surface area contributed by atoms with Crippen molar-refractivity contribution in [3.63, 3.8) is 0 Å². The van der Waals surface area contributed by atoms with Crippen molar-refractivity contribution >= 4 is 27.5 Å². The highest BCUT2D eigenvalue weighted by molar-refractivity contribution is 7.92. The van der Waals surface area contributed by atoms with Crippen molar-refractivity contribution < 1.29 is 27.2 Å². The summed E-state index contributed by atoms with van der Waals surface area (Å²) in [5.41, 5.74) is 4.77. The Bertz CT molecular complexity index is 1110. The predicted octanol–water partition coefficient (Wildman–Crippen LogP) is 2.16. The van der Waals surface area contributed by atoms with Gasteiger partial charge in [-0.1, -0.05) is 6.07 Å². The molecule has 10 heteroatoms. The van der Waals surface area contributed by atoms with E-state index in [0.29, 0.717) is 11.4 Å². The molecule has 3 rings (SSSR count). The average Bonchev–Trinajstić information content (AvgIpc) is 3.27. The van der Waals surface area contributed by atoms with Crippen LogP contribution in [0.4, 0.5) is 5.69 Å². The van der Waals surface area contributed by atoms with E-state index in [0.717, 1.165) is 0 Å². The molecule has 1 aromatic heterocycles. The molecule has 150 valence electrons. The van der Waals surface area contributed by atoms with Crippen LogP contribution in [0.15, 0.2) is 76.2 Å². The Kier molecular flexibility index (Phi) is 5.84. The van der Waals surface area contributed by atoms with Crippen molar-refractivity contribution in [1.82, 2.24) is 10.9 Å². The first-order valence-corrected chi connectivity index (χ1v) is 9.78. The Morgan fingerprint density at radius 1 is 0.931 bits per heavy atom. The minimum Gasteiger partial charge on any atom is -0.497 e. The van der Waals surface area contributed by atoms with Gasteiger partial charge < -0.3 is 9.15 Å². The van der Waals surface area contributed by atoms with Gasteiger partial charge in [0.25, 0.3) is 15.9 Å². The molecule has 0 radical (unpaired) electrons. The number of hydrogen-bond donors (Lipinski definition) is 3. The minimum absolute atomic E-state index is 0.0188. The number of nitrogens with one attached hydrogen (secondary N) is 3. The van der Waals surface area contributed by atoms with Crippen LogP contribution in [-0.2, 0) is 10.0 Å². The zero-order chi connectivity index (χ0) is 20.9. The number of carbonyl (C=O) groups is 2. The zero-order valence-electron chi connectivity index (χ0n) is 15.2. The summed E-state index contributed by atoms with van der Waals surface area (Å²) in [6.45, 7) is 0. The SMILES string of the molecule is COc1ccc(NS(=O)(=O)c2cccc(C(=O)NNC(=O)c3ccco3)c2)cc1. The van der Waals surface area contributed by atoms with E-state index >= 15 is 0 Å². The van der Waals surface area contributed by atoms with Gasteiger partial charge in [0, 0.05) is 11.3 Å². The van der Waals surface area contributed by atoms with Crippen molar-refractivity contribution in [2.45, 2.75) is 4.90 Å². The molecular formula is C19H17N3O6S. The number of anilines is 1. The van der Waals surface area contributed by atoms with Crippen LogP contribution in [0.25, 0.3) is 0 Å². The van der Waals surface area contributed by atoms with E-state index in [1.54, 1.807) is 24.3 Å². The molecule has 0 bridgehead atoms. The third-order valence-electron chi connectivity index (χ3n) is 3.78. The molecule has 0 unspecified atom stereocenters. The van der Waals surface area contributed by atoms with E-state index in [1.165, 1.54) is 49.8 Å². The van der Waals surface area contributed by atoms with E-state index in [1.807, 2.05) is 0 Å². The highest BCUT2D eigenvalue weighted by Crippen LogP contribution is 2.20. The minimum atomic E-state index is -3.93. The maximum atomic E-state index is 12.6. The van der Waals surface area contributed by atoms with Gasteiger partial charge in [-0.25, -0.2) is 8.42 Å². The molecule has 0 saturated carbocycles. The molecule has 0 spiro atoms. The van der Waals surface area contributed by atoms with Gasteiger partial charge in [0.1, 0.15) is 5.75 Å². The number of sulfonamides is 1. The van der Waals surface area contributed by atoms with Gasteiger partial charge in [0.15, 0.2) is 5.76 Å². The van der Waals surface area contributed by atoms with Crippen LogP contribution in [-0.4, -0.2) is 27.3 Å². The first-order chi connectivity index (χ1) is 13.9. The summed E-state index contributed by atoms with van der Waals surface area (Å²) in [5, 5.41) is 0. The Hall–Kier alpha value is -3.79. The van der Waals surface area contributed by atoms with Gasteiger partial charge in [-0.3, -0.25) is 25.2 Å². The second kappa shape index (κ2) is 8.48. The van der Waals surface area contributed by atoms with Crippen LogP contribution in [0.2, 0.25) is 0 Å². The fourth-order valence-corrected chi connectivity index (χ4v) is 3.44. The smallest absolute Gasteiger partial charge is 0.305 e. The number of benzene rings is 2. The normalized spacial score (nSPS) is 10.8. The molecule has 3 N–H and O–H groups in total. The molecule has 29 heavy (non-hydrogen) atoms. The fourth-order valence-electron chi connectivity index (χ4n) is 2.33. The molecule has 0 aliphatic heterocycles. The highest BCUT2D eigenvalue weighted by Gasteiger charge is 2.17. The van der Waals surface area contributed by atoms with Crippen molar-refractivity contribution in [2.75, 3.05) is 11.8 Å². The Balaban J connectivity index is 1.70. The average molecular weight is 415 g/mol. The molecule has 3 aromatic rings. The number of ether oxygens (including phenoxy) is 1. The van der Waals surface area contributed by atoms with E-state index < -0.39 is 21.8 Å². The second-order valence-corrected chi connectivity index (χ2v) is 7.43. The number of furan rings is 1. The van der Waals surface area contributed by atoms with Crippen LogP contribution in [0, 0.1) is 0 Å². The van der Waals surface area contributed by atoms with Crippen molar-refractivity contribution in [3.8, 4) is 5.75 Å². The molecule has 0 aliphatic rings. The monoisotopic (exact) mass is 415 g/mol. The number of amides is 2. The first-order valence-electron chi connectivity index (χ1n) is 8.30. The van der Waals surface area contributed by atoms with Crippen molar-refractivity contribution in [2.24, 2.45) is 0 Å². The Labute approximate surface area is 166 Å². The van der Waals surface area contributed by atoms with Gasteiger partial charge in [-0.15, -0.1) is 0 Å². The van der Waals surface area contributed by atoms with Gasteiger partial charge in [0.2, 0.25) is 0 Å². The topological polar surface area (TPSA) is 127 Å². The van der Waals surface area contributed by atoms with Crippen LogP contribution in [0.5, 0.6) is 5.75 Å². The summed E-state index contributed by atoms with van der Waals surface area (Å²) in [4.78, 5) is 23.9. The highest BCUT2D eigenvalue weighted by atomic mass is 32.2. The van der Waals surface area contributed by atoms with E-state index in [4.69, 9.17) is 9.15 Å². The maximum Gasteiger partial charge on any atom is 0.305 e. The number of methoxy groups -OCH3 is 1. The number of carbonyl (C=O) groups excluding carboxylic acids is 2. The lowest BCUT2D eigenvalue weighted by Gasteiger charge is -2.10. The Morgan fingerprint density at radius 2 is 1.66 bits per heavy atom. The predicted molar refractivity (Wildman–Crippen MR) is 104 cm³/mol. The lowest BCUT2D eigenvalue weighted by atomic mass is 10.2. The van der Waals surface area contributed by atoms with Crippen LogP contribution in [0.3, 0.4) is 0 Å². The fraction of sp³-hybridized carbons (Fsp3) is 0.0526. The van der Waals surface area contributed by atoms with Gasteiger partial charge in [-0.05, 0) is 54.6 Å². The summed E-state index contributed by atoms with van der Waals surface area (Å²) in [6, 6.07) is 14.7. The summed E-state index contributed by atoms with van der Waals surface area (Å²) < 4.78 is 37.6. The maximum absolute atomic E-state index is 12.6. The number of hydrogen-bond acceptors (Lipinski definition) is 6. The van der Waals surface area contributed by atoms with Gasteiger partial charge in [-0.2, -0.15) is 0 Å². The molecule has 1 heterocycles. The first kappa shape index (κ1) is 20.0. The molecule has 0 fully saturated rings. The van der Waals surface area contributed by atoms with E-state index in [2.05, 4.69) is 15.6 Å². The van der Waals surface area contributed by atoms with Crippen LogP contribution in [0.1, 0.15) is 20.9 Å². The molecular weight excluding hydrogens is 398 g/mol. The standard InChI is InChI=1S/C19H17N3O6S/c1-27-15-9-7-14(8-10-15)22-29(25,26)16-5-2-4-13(12-16)18(23)20-21-19(24)17-6-3-11-28-17/h2-12,22H,1H3,(H,20,23)(H,21,24). The summed E-state index contributed by atoms with van der Waals surface area (Å²) >= 11 is 0. The van der Waals surface area contributed by atoms with E-state index in [9.17, 15) is 18.0 Å². The molecule has 9 nitrogen and oxygen atoms in total. The van der Waals surface area contributed by atoms with Crippen LogP contribution < -0.4 is 20.3 Å². The van der Waals surface area contributed by atoms with E-state index in [-0.39, 0.29) is 16.2 Å². The molecule has 0 aliphatic carbocycles. The summed E-state index contributed by atoms with van der Waals surface area (Å²) in [5.74, 6) is -0.728. The zero-order valence-corrected chi connectivity index (χ0v) is 16.0. The quantitative estimate of drug-likeness (QED) is 0.530. The van der Waals surface area contributed by atoms with Gasteiger partial charge >= 0.3 is 5.91 Å². The molecule has 2 amide bonds. The van der Waals surface area contributed by atoms with Crippen molar-refractivity contribution in [1.29, 1.82) is 0 Å². The Morgan fingerprint density at radius 3 is 2.31 bits per heavy atom. The largest absolute Gasteiger partial charge is 0.497 e. The molecule has 2 aromatic carbocycles. The third kappa shape index (κ3) is 4.93. The molecule has 0 saturated heterocycles.